The number of thioether (sulfide) groups is 1. The highest BCUT2D eigenvalue weighted by atomic mass is 32.2. The molecule has 0 saturated carbocycles. The van der Waals surface area contributed by atoms with Gasteiger partial charge in [0.05, 0.1) is 12.3 Å². The SMILES string of the molecule is Nc1nc(N)nc(CSc2nnc(-c3ccncc3)n2Cc2ccccc2)n1. The van der Waals surface area contributed by atoms with Gasteiger partial charge in [-0.1, -0.05) is 42.1 Å². The quantitative estimate of drug-likeness (QED) is 0.473. The third-order valence-corrected chi connectivity index (χ3v) is 4.85. The summed E-state index contributed by atoms with van der Waals surface area (Å²) in [5.41, 5.74) is 13.4. The zero-order valence-corrected chi connectivity index (χ0v) is 15.6. The first-order valence-electron chi connectivity index (χ1n) is 8.45. The van der Waals surface area contributed by atoms with E-state index in [1.54, 1.807) is 12.4 Å². The van der Waals surface area contributed by atoms with Crippen molar-refractivity contribution in [2.45, 2.75) is 17.5 Å². The van der Waals surface area contributed by atoms with Gasteiger partial charge in [-0.2, -0.15) is 15.0 Å². The molecule has 4 aromatic rings. The normalized spacial score (nSPS) is 10.9. The maximum Gasteiger partial charge on any atom is 0.225 e. The minimum Gasteiger partial charge on any atom is -0.368 e. The fourth-order valence-electron chi connectivity index (χ4n) is 2.67. The molecule has 4 N–H and O–H groups in total. The maximum atomic E-state index is 5.65. The Morgan fingerprint density at radius 2 is 1.57 bits per heavy atom. The van der Waals surface area contributed by atoms with E-state index in [0.29, 0.717) is 18.1 Å². The first kappa shape index (κ1) is 17.9. The molecule has 4 rings (SSSR count). The Labute approximate surface area is 165 Å². The second-order valence-corrected chi connectivity index (χ2v) is 6.81. The van der Waals surface area contributed by atoms with Crippen LogP contribution in [0.1, 0.15) is 11.4 Å². The molecule has 0 aliphatic heterocycles. The average Bonchev–Trinajstić information content (AvgIpc) is 3.09. The van der Waals surface area contributed by atoms with Crippen LogP contribution in [0.5, 0.6) is 0 Å². The largest absolute Gasteiger partial charge is 0.368 e. The van der Waals surface area contributed by atoms with Crippen molar-refractivity contribution in [3.63, 3.8) is 0 Å². The molecule has 0 amide bonds. The number of nitrogens with zero attached hydrogens (tertiary/aromatic N) is 7. The summed E-state index contributed by atoms with van der Waals surface area (Å²) in [6.45, 7) is 0.634. The number of aromatic nitrogens is 7. The van der Waals surface area contributed by atoms with E-state index in [9.17, 15) is 0 Å². The molecule has 0 fully saturated rings. The van der Waals surface area contributed by atoms with E-state index in [2.05, 4.69) is 46.8 Å². The molecule has 10 heteroatoms. The summed E-state index contributed by atoms with van der Waals surface area (Å²) in [6.07, 6.45) is 3.47. The number of nitrogens with two attached hydrogens (primary N) is 2. The fourth-order valence-corrected chi connectivity index (χ4v) is 3.46. The van der Waals surface area contributed by atoms with E-state index < -0.39 is 0 Å². The summed E-state index contributed by atoms with van der Waals surface area (Å²) < 4.78 is 2.06. The zero-order valence-electron chi connectivity index (χ0n) is 14.8. The monoisotopic (exact) mass is 391 g/mol. The summed E-state index contributed by atoms with van der Waals surface area (Å²) in [6, 6.07) is 14.0. The van der Waals surface area contributed by atoms with Crippen LogP contribution < -0.4 is 11.5 Å². The van der Waals surface area contributed by atoms with Gasteiger partial charge in [0.1, 0.15) is 5.82 Å². The lowest BCUT2D eigenvalue weighted by molar-refractivity contribution is 0.714. The average molecular weight is 391 g/mol. The van der Waals surface area contributed by atoms with Gasteiger partial charge in [0, 0.05) is 18.0 Å². The number of rotatable bonds is 6. The topological polar surface area (TPSA) is 134 Å². The van der Waals surface area contributed by atoms with Gasteiger partial charge < -0.3 is 11.5 Å². The zero-order chi connectivity index (χ0) is 19.3. The molecule has 140 valence electrons. The second-order valence-electron chi connectivity index (χ2n) is 5.87. The Bertz CT molecular complexity index is 1050. The van der Waals surface area contributed by atoms with E-state index in [1.807, 2.05) is 30.3 Å². The lowest BCUT2D eigenvalue weighted by Gasteiger charge is -2.10. The minimum atomic E-state index is 0.103. The highest BCUT2D eigenvalue weighted by Gasteiger charge is 2.16. The van der Waals surface area contributed by atoms with Crippen molar-refractivity contribution < 1.29 is 0 Å². The molecular weight excluding hydrogens is 374 g/mol. The molecule has 3 aromatic heterocycles. The van der Waals surface area contributed by atoms with Crippen LogP contribution in [0.4, 0.5) is 11.9 Å². The van der Waals surface area contributed by atoms with Crippen LogP contribution in [-0.4, -0.2) is 34.7 Å². The van der Waals surface area contributed by atoms with E-state index in [0.717, 1.165) is 22.1 Å². The molecule has 0 aliphatic rings. The molecule has 9 nitrogen and oxygen atoms in total. The molecule has 0 spiro atoms. The maximum absolute atomic E-state index is 5.65. The summed E-state index contributed by atoms with van der Waals surface area (Å²) in [5.74, 6) is 1.91. The van der Waals surface area contributed by atoms with Gasteiger partial charge in [-0.05, 0) is 17.7 Å². The Kier molecular flexibility index (Phi) is 5.11. The summed E-state index contributed by atoms with van der Waals surface area (Å²) in [5, 5.41) is 9.51. The first-order valence-corrected chi connectivity index (χ1v) is 9.44. The molecule has 0 aliphatic carbocycles. The number of hydrogen-bond acceptors (Lipinski definition) is 9. The number of pyridine rings is 1. The van der Waals surface area contributed by atoms with Crippen LogP contribution in [-0.2, 0) is 12.3 Å². The molecule has 1 aromatic carbocycles. The van der Waals surface area contributed by atoms with Crippen LogP contribution in [0.3, 0.4) is 0 Å². The summed E-state index contributed by atoms with van der Waals surface area (Å²) >= 11 is 1.46. The second kappa shape index (κ2) is 8.01. The highest BCUT2D eigenvalue weighted by Crippen LogP contribution is 2.26. The molecule has 28 heavy (non-hydrogen) atoms. The van der Waals surface area contributed by atoms with Crippen molar-refractivity contribution in [3.05, 3.63) is 66.2 Å². The van der Waals surface area contributed by atoms with Gasteiger partial charge in [-0.25, -0.2) is 0 Å². The van der Waals surface area contributed by atoms with E-state index in [-0.39, 0.29) is 11.9 Å². The predicted molar refractivity (Wildman–Crippen MR) is 107 cm³/mol. The van der Waals surface area contributed by atoms with E-state index >= 15 is 0 Å². The van der Waals surface area contributed by atoms with Crippen molar-refractivity contribution in [1.82, 2.24) is 34.7 Å². The third kappa shape index (κ3) is 4.07. The Balaban J connectivity index is 1.65. The summed E-state index contributed by atoms with van der Waals surface area (Å²) in [7, 11) is 0. The van der Waals surface area contributed by atoms with Crippen LogP contribution in [0.2, 0.25) is 0 Å². The first-order chi connectivity index (χ1) is 13.7. The molecular formula is C18H17N9S. The van der Waals surface area contributed by atoms with Gasteiger partial charge in [-0.3, -0.25) is 9.55 Å². The van der Waals surface area contributed by atoms with Crippen molar-refractivity contribution in [2.24, 2.45) is 0 Å². The van der Waals surface area contributed by atoms with Crippen molar-refractivity contribution in [2.75, 3.05) is 11.5 Å². The van der Waals surface area contributed by atoms with Crippen LogP contribution in [0.25, 0.3) is 11.4 Å². The Morgan fingerprint density at radius 3 is 2.29 bits per heavy atom. The number of benzene rings is 1. The van der Waals surface area contributed by atoms with Gasteiger partial charge in [0.15, 0.2) is 11.0 Å². The minimum absolute atomic E-state index is 0.103. The van der Waals surface area contributed by atoms with Gasteiger partial charge >= 0.3 is 0 Å². The molecule has 0 atom stereocenters. The number of anilines is 2. The van der Waals surface area contributed by atoms with Gasteiger partial charge in [0.2, 0.25) is 11.9 Å². The fraction of sp³-hybridized carbons (Fsp3) is 0.111. The summed E-state index contributed by atoms with van der Waals surface area (Å²) in [4.78, 5) is 16.1. The highest BCUT2D eigenvalue weighted by molar-refractivity contribution is 7.98. The molecule has 3 heterocycles. The number of hydrogen-bond donors (Lipinski definition) is 2. The van der Waals surface area contributed by atoms with E-state index in [4.69, 9.17) is 11.5 Å². The predicted octanol–water partition coefficient (Wildman–Crippen LogP) is 2.03. The van der Waals surface area contributed by atoms with Crippen LogP contribution in [0.15, 0.2) is 60.0 Å². The number of nitrogen functional groups attached to an aromatic ring is 2. The third-order valence-electron chi connectivity index (χ3n) is 3.89. The standard InChI is InChI=1S/C18H17N9S/c19-16-22-14(23-17(20)24-16)11-28-18-26-25-15(13-6-8-21-9-7-13)27(18)10-12-4-2-1-3-5-12/h1-9H,10-11H2,(H4,19,20,22,23,24). The van der Waals surface area contributed by atoms with Gasteiger partial charge in [-0.15, -0.1) is 10.2 Å². The molecule has 0 unspecified atom stereocenters. The molecule has 0 radical (unpaired) electrons. The lowest BCUT2D eigenvalue weighted by Crippen LogP contribution is -2.07. The Hall–Kier alpha value is -3.53. The molecule has 0 saturated heterocycles. The smallest absolute Gasteiger partial charge is 0.225 e. The Morgan fingerprint density at radius 1 is 0.857 bits per heavy atom. The van der Waals surface area contributed by atoms with E-state index in [1.165, 1.54) is 11.8 Å². The molecule has 0 bridgehead atoms. The van der Waals surface area contributed by atoms with Crippen molar-refractivity contribution in [3.8, 4) is 11.4 Å². The lowest BCUT2D eigenvalue weighted by atomic mass is 10.2. The van der Waals surface area contributed by atoms with Gasteiger partial charge in [0.25, 0.3) is 0 Å². The van der Waals surface area contributed by atoms with Crippen LogP contribution in [0, 0.1) is 0 Å². The van der Waals surface area contributed by atoms with Crippen molar-refractivity contribution in [1.29, 1.82) is 0 Å². The van der Waals surface area contributed by atoms with Crippen molar-refractivity contribution >= 4 is 23.7 Å². The van der Waals surface area contributed by atoms with Crippen LogP contribution >= 0.6 is 11.8 Å².